The second kappa shape index (κ2) is 7.87. The first-order chi connectivity index (χ1) is 9.72. The number of halogens is 1. The van der Waals surface area contributed by atoms with Crippen LogP contribution >= 0.6 is 11.6 Å². The SMILES string of the molecule is CCCOc1ccc(Cl)cc1CCN1CC[C@@H](CN)C1. The number of hydrogen-bond acceptors (Lipinski definition) is 3. The summed E-state index contributed by atoms with van der Waals surface area (Å²) in [5, 5.41) is 0.783. The molecule has 0 unspecified atom stereocenters. The normalized spacial score (nSPS) is 19.4. The van der Waals surface area contributed by atoms with Crippen molar-refractivity contribution in [3.05, 3.63) is 28.8 Å². The van der Waals surface area contributed by atoms with E-state index in [1.165, 1.54) is 12.0 Å². The minimum atomic E-state index is 0.671. The van der Waals surface area contributed by atoms with E-state index in [1.807, 2.05) is 18.2 Å². The molecule has 112 valence electrons. The van der Waals surface area contributed by atoms with Gasteiger partial charge in [-0.05, 0) is 62.0 Å². The van der Waals surface area contributed by atoms with Crippen molar-refractivity contribution >= 4 is 11.6 Å². The molecule has 0 aromatic heterocycles. The van der Waals surface area contributed by atoms with Crippen LogP contribution in [0.2, 0.25) is 5.02 Å². The fraction of sp³-hybridized carbons (Fsp3) is 0.625. The molecule has 1 saturated heterocycles. The Morgan fingerprint density at radius 2 is 2.30 bits per heavy atom. The van der Waals surface area contributed by atoms with Gasteiger partial charge in [-0.25, -0.2) is 0 Å². The second-order valence-corrected chi connectivity index (χ2v) is 5.98. The van der Waals surface area contributed by atoms with Crippen molar-refractivity contribution in [2.24, 2.45) is 11.7 Å². The highest BCUT2D eigenvalue weighted by Crippen LogP contribution is 2.24. The molecule has 4 heteroatoms. The first-order valence-electron chi connectivity index (χ1n) is 7.56. The number of nitrogens with two attached hydrogens (primary N) is 1. The van der Waals surface area contributed by atoms with Crippen LogP contribution in [0.15, 0.2) is 18.2 Å². The van der Waals surface area contributed by atoms with E-state index >= 15 is 0 Å². The maximum atomic E-state index is 6.11. The molecule has 1 aromatic carbocycles. The van der Waals surface area contributed by atoms with E-state index in [2.05, 4.69) is 11.8 Å². The standard InChI is InChI=1S/C16H25ClN2O/c1-2-9-20-16-4-3-15(17)10-14(16)6-8-19-7-5-13(11-18)12-19/h3-4,10,13H,2,5-9,11-12,18H2,1H3/t13-/m0/s1. The fourth-order valence-corrected chi connectivity index (χ4v) is 2.88. The van der Waals surface area contributed by atoms with Crippen molar-refractivity contribution in [2.45, 2.75) is 26.2 Å². The van der Waals surface area contributed by atoms with E-state index < -0.39 is 0 Å². The largest absolute Gasteiger partial charge is 0.493 e. The highest BCUT2D eigenvalue weighted by Gasteiger charge is 2.20. The van der Waals surface area contributed by atoms with Crippen molar-refractivity contribution < 1.29 is 4.74 Å². The van der Waals surface area contributed by atoms with Crippen LogP contribution in [-0.4, -0.2) is 37.7 Å². The molecule has 1 heterocycles. The summed E-state index contributed by atoms with van der Waals surface area (Å²) in [6.07, 6.45) is 3.23. The van der Waals surface area contributed by atoms with Crippen molar-refractivity contribution in [3.8, 4) is 5.75 Å². The molecule has 0 spiro atoms. The molecule has 2 rings (SSSR count). The van der Waals surface area contributed by atoms with Crippen LogP contribution in [-0.2, 0) is 6.42 Å². The van der Waals surface area contributed by atoms with Gasteiger partial charge in [0.1, 0.15) is 5.75 Å². The van der Waals surface area contributed by atoms with Crippen molar-refractivity contribution in [1.29, 1.82) is 0 Å². The van der Waals surface area contributed by atoms with Crippen LogP contribution in [0.5, 0.6) is 5.75 Å². The zero-order chi connectivity index (χ0) is 14.4. The number of benzene rings is 1. The zero-order valence-corrected chi connectivity index (χ0v) is 13.0. The topological polar surface area (TPSA) is 38.5 Å². The van der Waals surface area contributed by atoms with Gasteiger partial charge in [0.15, 0.2) is 0 Å². The Morgan fingerprint density at radius 3 is 3.00 bits per heavy atom. The molecule has 1 aliphatic heterocycles. The van der Waals surface area contributed by atoms with Crippen LogP contribution in [0.4, 0.5) is 0 Å². The quantitative estimate of drug-likeness (QED) is 0.841. The maximum Gasteiger partial charge on any atom is 0.122 e. The molecule has 1 fully saturated rings. The number of nitrogens with zero attached hydrogens (tertiary/aromatic N) is 1. The number of likely N-dealkylation sites (tertiary alicyclic amines) is 1. The lowest BCUT2D eigenvalue weighted by molar-refractivity contribution is 0.305. The summed E-state index contributed by atoms with van der Waals surface area (Å²) >= 11 is 6.11. The Morgan fingerprint density at radius 1 is 1.45 bits per heavy atom. The molecule has 0 amide bonds. The molecular formula is C16H25ClN2O. The van der Waals surface area contributed by atoms with Crippen LogP contribution in [0.1, 0.15) is 25.3 Å². The lowest BCUT2D eigenvalue weighted by atomic mass is 10.1. The summed E-state index contributed by atoms with van der Waals surface area (Å²) in [7, 11) is 0. The van der Waals surface area contributed by atoms with Crippen LogP contribution in [0, 0.1) is 5.92 Å². The third-order valence-electron chi connectivity index (χ3n) is 3.88. The minimum Gasteiger partial charge on any atom is -0.493 e. The summed E-state index contributed by atoms with van der Waals surface area (Å²) in [6, 6.07) is 5.92. The Kier molecular flexibility index (Phi) is 6.14. The van der Waals surface area contributed by atoms with Crippen molar-refractivity contribution in [2.75, 3.05) is 32.8 Å². The Hall–Kier alpha value is -0.770. The van der Waals surface area contributed by atoms with Gasteiger partial charge in [0.05, 0.1) is 6.61 Å². The van der Waals surface area contributed by atoms with Crippen LogP contribution < -0.4 is 10.5 Å². The molecule has 0 saturated carbocycles. The smallest absolute Gasteiger partial charge is 0.122 e. The summed E-state index contributed by atoms with van der Waals surface area (Å²) in [5.41, 5.74) is 6.95. The first-order valence-corrected chi connectivity index (χ1v) is 7.94. The molecule has 20 heavy (non-hydrogen) atoms. The van der Waals surface area contributed by atoms with Gasteiger partial charge in [-0.15, -0.1) is 0 Å². The number of ether oxygens (including phenoxy) is 1. The van der Waals surface area contributed by atoms with Crippen molar-refractivity contribution in [3.63, 3.8) is 0 Å². The molecule has 2 N–H and O–H groups in total. The highest BCUT2D eigenvalue weighted by molar-refractivity contribution is 6.30. The predicted octanol–water partition coefficient (Wildman–Crippen LogP) is 2.95. The number of hydrogen-bond donors (Lipinski definition) is 1. The summed E-state index contributed by atoms with van der Waals surface area (Å²) in [5.74, 6) is 1.65. The average Bonchev–Trinajstić information content (AvgIpc) is 2.92. The van der Waals surface area contributed by atoms with Gasteiger partial charge in [-0.3, -0.25) is 0 Å². The molecule has 0 aliphatic carbocycles. The van der Waals surface area contributed by atoms with Gasteiger partial charge in [0.2, 0.25) is 0 Å². The molecule has 3 nitrogen and oxygen atoms in total. The lowest BCUT2D eigenvalue weighted by Gasteiger charge is -2.17. The van der Waals surface area contributed by atoms with E-state index in [9.17, 15) is 0 Å². The predicted molar refractivity (Wildman–Crippen MR) is 84.5 cm³/mol. The molecule has 0 bridgehead atoms. The second-order valence-electron chi connectivity index (χ2n) is 5.54. The Balaban J connectivity index is 1.92. The maximum absolute atomic E-state index is 6.11. The molecular weight excluding hydrogens is 272 g/mol. The summed E-state index contributed by atoms with van der Waals surface area (Å²) < 4.78 is 5.80. The minimum absolute atomic E-state index is 0.671. The lowest BCUT2D eigenvalue weighted by Crippen LogP contribution is -2.25. The van der Waals surface area contributed by atoms with Gasteiger partial charge in [0, 0.05) is 18.1 Å². The molecule has 1 aromatic rings. The fourth-order valence-electron chi connectivity index (χ4n) is 2.68. The summed E-state index contributed by atoms with van der Waals surface area (Å²) in [4.78, 5) is 2.49. The monoisotopic (exact) mass is 296 g/mol. The van der Waals surface area contributed by atoms with Crippen molar-refractivity contribution in [1.82, 2.24) is 4.90 Å². The van der Waals surface area contributed by atoms with E-state index in [4.69, 9.17) is 22.1 Å². The average molecular weight is 297 g/mol. The third-order valence-corrected chi connectivity index (χ3v) is 4.12. The third kappa shape index (κ3) is 4.37. The zero-order valence-electron chi connectivity index (χ0n) is 12.3. The molecule has 1 atom stereocenters. The van der Waals surface area contributed by atoms with Crippen LogP contribution in [0.3, 0.4) is 0 Å². The van der Waals surface area contributed by atoms with Gasteiger partial charge < -0.3 is 15.4 Å². The van der Waals surface area contributed by atoms with Gasteiger partial charge in [-0.1, -0.05) is 18.5 Å². The van der Waals surface area contributed by atoms with Crippen LogP contribution in [0.25, 0.3) is 0 Å². The van der Waals surface area contributed by atoms with Gasteiger partial charge in [-0.2, -0.15) is 0 Å². The Bertz CT molecular complexity index is 425. The molecule has 1 aliphatic rings. The van der Waals surface area contributed by atoms with E-state index in [-0.39, 0.29) is 0 Å². The van der Waals surface area contributed by atoms with E-state index in [0.717, 1.165) is 56.4 Å². The number of rotatable bonds is 7. The Labute approximate surface area is 127 Å². The van der Waals surface area contributed by atoms with E-state index in [0.29, 0.717) is 5.92 Å². The summed E-state index contributed by atoms with van der Waals surface area (Å²) in [6.45, 7) is 7.02. The first kappa shape index (κ1) is 15.6. The van der Waals surface area contributed by atoms with Gasteiger partial charge >= 0.3 is 0 Å². The van der Waals surface area contributed by atoms with E-state index in [1.54, 1.807) is 0 Å². The highest BCUT2D eigenvalue weighted by atomic mass is 35.5. The molecule has 0 radical (unpaired) electrons. The van der Waals surface area contributed by atoms with Gasteiger partial charge in [0.25, 0.3) is 0 Å².